The van der Waals surface area contributed by atoms with Gasteiger partial charge in [-0.2, -0.15) is 5.10 Å². The monoisotopic (exact) mass is 219 g/mol. The van der Waals surface area contributed by atoms with Crippen molar-refractivity contribution < 1.29 is 4.39 Å². The smallest absolute Gasteiger partial charge is 0.125 e. The Kier molecular flexibility index (Phi) is 2.90. The quantitative estimate of drug-likeness (QED) is 0.833. The van der Waals surface area contributed by atoms with Gasteiger partial charge in [0.05, 0.1) is 12.2 Å². The topological polar surface area (TPSA) is 40.7 Å². The van der Waals surface area contributed by atoms with Crippen molar-refractivity contribution in [2.24, 2.45) is 0 Å². The first-order valence-corrected chi connectivity index (χ1v) is 5.19. The number of hydrogen-bond acceptors (Lipinski definition) is 2. The van der Waals surface area contributed by atoms with Crippen LogP contribution in [0, 0.1) is 12.7 Å². The SMILES string of the molecule is Cc1[nH]ncc1C(C)Nc1cccc(F)c1. The van der Waals surface area contributed by atoms with Crippen molar-refractivity contribution in [3.63, 3.8) is 0 Å². The van der Waals surface area contributed by atoms with Gasteiger partial charge in [-0.3, -0.25) is 5.10 Å². The summed E-state index contributed by atoms with van der Waals surface area (Å²) in [5, 5.41) is 10.1. The zero-order chi connectivity index (χ0) is 11.5. The first-order chi connectivity index (χ1) is 7.66. The molecule has 1 aromatic carbocycles. The molecular formula is C12H14FN3. The minimum absolute atomic E-state index is 0.0977. The Hall–Kier alpha value is -1.84. The highest BCUT2D eigenvalue weighted by Gasteiger charge is 2.09. The minimum Gasteiger partial charge on any atom is -0.378 e. The Labute approximate surface area is 93.7 Å². The summed E-state index contributed by atoms with van der Waals surface area (Å²) < 4.78 is 13.0. The molecule has 0 aliphatic rings. The normalized spacial score (nSPS) is 12.4. The van der Waals surface area contributed by atoms with E-state index in [1.165, 1.54) is 12.1 Å². The van der Waals surface area contributed by atoms with Gasteiger partial charge in [0.15, 0.2) is 0 Å². The van der Waals surface area contributed by atoms with Gasteiger partial charge >= 0.3 is 0 Å². The molecule has 16 heavy (non-hydrogen) atoms. The average molecular weight is 219 g/mol. The summed E-state index contributed by atoms with van der Waals surface area (Å²) in [6.07, 6.45) is 1.78. The van der Waals surface area contributed by atoms with E-state index in [0.29, 0.717) is 0 Å². The van der Waals surface area contributed by atoms with Crippen LogP contribution >= 0.6 is 0 Å². The van der Waals surface area contributed by atoms with Gasteiger partial charge in [0.2, 0.25) is 0 Å². The zero-order valence-corrected chi connectivity index (χ0v) is 9.29. The van der Waals surface area contributed by atoms with Gasteiger partial charge in [0.1, 0.15) is 5.82 Å². The number of hydrogen-bond donors (Lipinski definition) is 2. The van der Waals surface area contributed by atoms with Crippen LogP contribution < -0.4 is 5.32 Å². The van der Waals surface area contributed by atoms with Crippen LogP contribution in [0.4, 0.5) is 10.1 Å². The van der Waals surface area contributed by atoms with Gasteiger partial charge in [0, 0.05) is 16.9 Å². The lowest BCUT2D eigenvalue weighted by molar-refractivity contribution is 0.628. The second kappa shape index (κ2) is 4.35. The lowest BCUT2D eigenvalue weighted by Crippen LogP contribution is -2.07. The maximum atomic E-state index is 13.0. The third-order valence-electron chi connectivity index (χ3n) is 2.54. The predicted octanol–water partition coefficient (Wildman–Crippen LogP) is 3.03. The molecule has 1 aromatic heterocycles. The largest absolute Gasteiger partial charge is 0.378 e. The highest BCUT2D eigenvalue weighted by Crippen LogP contribution is 2.20. The number of rotatable bonds is 3. The van der Waals surface area contributed by atoms with Gasteiger partial charge in [-0.1, -0.05) is 6.07 Å². The van der Waals surface area contributed by atoms with Crippen molar-refractivity contribution in [3.05, 3.63) is 47.5 Å². The van der Waals surface area contributed by atoms with Crippen LogP contribution in [0.1, 0.15) is 24.2 Å². The number of H-pyrrole nitrogens is 1. The number of nitrogens with one attached hydrogen (secondary N) is 2. The lowest BCUT2D eigenvalue weighted by Gasteiger charge is -2.14. The molecule has 0 aliphatic heterocycles. The van der Waals surface area contributed by atoms with Crippen molar-refractivity contribution in [2.45, 2.75) is 19.9 Å². The Morgan fingerprint density at radius 3 is 2.88 bits per heavy atom. The Balaban J connectivity index is 2.14. The van der Waals surface area contributed by atoms with E-state index in [0.717, 1.165) is 16.9 Å². The predicted molar refractivity (Wildman–Crippen MR) is 61.8 cm³/mol. The number of aromatic amines is 1. The molecular weight excluding hydrogens is 205 g/mol. The van der Waals surface area contributed by atoms with E-state index in [1.807, 2.05) is 19.9 Å². The standard InChI is InChI=1S/C12H14FN3/c1-8(12-7-14-16-9(12)2)15-11-5-3-4-10(13)6-11/h3-8,15H,1-2H3,(H,14,16). The fourth-order valence-corrected chi connectivity index (χ4v) is 1.70. The lowest BCUT2D eigenvalue weighted by atomic mass is 10.1. The Morgan fingerprint density at radius 1 is 1.44 bits per heavy atom. The summed E-state index contributed by atoms with van der Waals surface area (Å²) in [7, 11) is 0. The van der Waals surface area contributed by atoms with Crippen LogP contribution in [-0.4, -0.2) is 10.2 Å². The van der Waals surface area contributed by atoms with E-state index in [2.05, 4.69) is 15.5 Å². The van der Waals surface area contributed by atoms with E-state index in [1.54, 1.807) is 12.3 Å². The maximum absolute atomic E-state index is 13.0. The molecule has 0 amide bonds. The van der Waals surface area contributed by atoms with Crippen molar-refractivity contribution in [2.75, 3.05) is 5.32 Å². The van der Waals surface area contributed by atoms with Gasteiger partial charge in [-0.05, 0) is 32.0 Å². The van der Waals surface area contributed by atoms with Crippen LogP contribution in [-0.2, 0) is 0 Å². The molecule has 1 atom stereocenters. The van der Waals surface area contributed by atoms with Gasteiger partial charge in [0.25, 0.3) is 0 Å². The summed E-state index contributed by atoms with van der Waals surface area (Å²) in [4.78, 5) is 0. The summed E-state index contributed by atoms with van der Waals surface area (Å²) in [6, 6.07) is 6.53. The maximum Gasteiger partial charge on any atom is 0.125 e. The second-order valence-electron chi connectivity index (χ2n) is 3.83. The van der Waals surface area contributed by atoms with Crippen molar-refractivity contribution >= 4 is 5.69 Å². The van der Waals surface area contributed by atoms with E-state index in [4.69, 9.17) is 0 Å². The van der Waals surface area contributed by atoms with E-state index >= 15 is 0 Å². The van der Waals surface area contributed by atoms with Crippen LogP contribution in [0.15, 0.2) is 30.5 Å². The molecule has 2 N–H and O–H groups in total. The minimum atomic E-state index is -0.235. The van der Waals surface area contributed by atoms with Crippen LogP contribution in [0.5, 0.6) is 0 Å². The summed E-state index contributed by atoms with van der Waals surface area (Å²) >= 11 is 0. The number of anilines is 1. The zero-order valence-electron chi connectivity index (χ0n) is 9.29. The molecule has 84 valence electrons. The van der Waals surface area contributed by atoms with Crippen molar-refractivity contribution in [1.82, 2.24) is 10.2 Å². The van der Waals surface area contributed by atoms with E-state index in [9.17, 15) is 4.39 Å². The fraction of sp³-hybridized carbons (Fsp3) is 0.250. The number of nitrogens with zero attached hydrogens (tertiary/aromatic N) is 1. The van der Waals surface area contributed by atoms with Gasteiger partial charge in [-0.15, -0.1) is 0 Å². The highest BCUT2D eigenvalue weighted by molar-refractivity contribution is 5.45. The van der Waals surface area contributed by atoms with Crippen LogP contribution in [0.2, 0.25) is 0 Å². The second-order valence-corrected chi connectivity index (χ2v) is 3.83. The highest BCUT2D eigenvalue weighted by atomic mass is 19.1. The van der Waals surface area contributed by atoms with Gasteiger partial charge in [-0.25, -0.2) is 4.39 Å². The number of aromatic nitrogens is 2. The molecule has 0 bridgehead atoms. The first kappa shape index (κ1) is 10.7. The molecule has 2 aromatic rings. The van der Waals surface area contributed by atoms with Crippen molar-refractivity contribution in [3.8, 4) is 0 Å². The fourth-order valence-electron chi connectivity index (χ4n) is 1.70. The summed E-state index contributed by atoms with van der Waals surface area (Å²) in [5.74, 6) is -0.235. The molecule has 3 nitrogen and oxygen atoms in total. The molecule has 0 radical (unpaired) electrons. The van der Waals surface area contributed by atoms with E-state index < -0.39 is 0 Å². The number of benzene rings is 1. The Bertz CT molecular complexity index is 479. The number of aryl methyl sites for hydroxylation is 1. The third kappa shape index (κ3) is 2.21. The molecule has 1 heterocycles. The first-order valence-electron chi connectivity index (χ1n) is 5.19. The molecule has 0 saturated heterocycles. The van der Waals surface area contributed by atoms with E-state index in [-0.39, 0.29) is 11.9 Å². The average Bonchev–Trinajstić information content (AvgIpc) is 2.64. The summed E-state index contributed by atoms with van der Waals surface area (Å²) in [5.41, 5.74) is 2.88. The molecule has 0 spiro atoms. The number of halogens is 1. The molecule has 1 unspecified atom stereocenters. The molecule has 0 fully saturated rings. The van der Waals surface area contributed by atoms with Crippen LogP contribution in [0.3, 0.4) is 0 Å². The Morgan fingerprint density at radius 2 is 2.25 bits per heavy atom. The molecule has 4 heteroatoms. The van der Waals surface area contributed by atoms with Crippen molar-refractivity contribution in [1.29, 1.82) is 0 Å². The molecule has 0 aliphatic carbocycles. The molecule has 2 rings (SSSR count). The van der Waals surface area contributed by atoms with Gasteiger partial charge < -0.3 is 5.32 Å². The molecule has 0 saturated carbocycles. The summed E-state index contributed by atoms with van der Waals surface area (Å²) in [6.45, 7) is 3.98. The third-order valence-corrected chi connectivity index (χ3v) is 2.54. The van der Waals surface area contributed by atoms with Crippen LogP contribution in [0.25, 0.3) is 0 Å².